The van der Waals surface area contributed by atoms with Crippen LogP contribution < -0.4 is 10.2 Å². The summed E-state index contributed by atoms with van der Waals surface area (Å²) in [6, 6.07) is 15.1. The topological polar surface area (TPSA) is 49.4 Å². The van der Waals surface area contributed by atoms with Gasteiger partial charge in [-0.2, -0.15) is 0 Å². The molecule has 2 amide bonds. The molecule has 26 heavy (non-hydrogen) atoms. The minimum Gasteiger partial charge on any atom is -0.322 e. The summed E-state index contributed by atoms with van der Waals surface area (Å²) in [6.07, 6.45) is 1.88. The quantitative estimate of drug-likeness (QED) is 0.875. The van der Waals surface area contributed by atoms with Gasteiger partial charge in [0.05, 0.1) is 11.3 Å². The van der Waals surface area contributed by atoms with E-state index in [-0.39, 0.29) is 23.1 Å². The van der Waals surface area contributed by atoms with Crippen molar-refractivity contribution in [2.24, 2.45) is 5.92 Å². The molecule has 1 aliphatic rings. The van der Waals surface area contributed by atoms with Gasteiger partial charge in [0, 0.05) is 18.7 Å². The van der Waals surface area contributed by atoms with Gasteiger partial charge >= 0.3 is 0 Å². The number of amides is 2. The molecule has 2 aromatic carbocycles. The Morgan fingerprint density at radius 3 is 2.19 bits per heavy atom. The predicted octanol–water partition coefficient (Wildman–Crippen LogP) is 4.61. The third kappa shape index (κ3) is 3.96. The molecule has 1 N–H and O–H groups in total. The molecule has 0 radical (unpaired) electrons. The molecule has 1 aliphatic carbocycles. The normalized spacial score (nSPS) is 14.0. The van der Waals surface area contributed by atoms with Gasteiger partial charge in [-0.25, -0.2) is 0 Å². The maximum atomic E-state index is 12.8. The summed E-state index contributed by atoms with van der Waals surface area (Å²) in [7, 11) is 1.74. The number of hydrogen-bond donors (Lipinski definition) is 1. The third-order valence-corrected chi connectivity index (χ3v) is 4.78. The van der Waals surface area contributed by atoms with Gasteiger partial charge in [-0.05, 0) is 48.1 Å². The highest BCUT2D eigenvalue weighted by molar-refractivity contribution is 6.10. The fraction of sp³-hybridized carbons (Fsp3) is 0.364. The summed E-state index contributed by atoms with van der Waals surface area (Å²) >= 11 is 0. The Kier molecular flexibility index (Phi) is 4.86. The fourth-order valence-electron chi connectivity index (χ4n) is 2.93. The van der Waals surface area contributed by atoms with Crippen LogP contribution >= 0.6 is 0 Å². The summed E-state index contributed by atoms with van der Waals surface area (Å²) < 4.78 is 0. The largest absolute Gasteiger partial charge is 0.322 e. The number of rotatable bonds is 4. The van der Waals surface area contributed by atoms with Crippen molar-refractivity contribution in [3.63, 3.8) is 0 Å². The third-order valence-electron chi connectivity index (χ3n) is 4.78. The first-order valence-corrected chi connectivity index (χ1v) is 9.06. The standard InChI is InChI=1S/C22H26N2O2/c1-22(2,3)16-11-13-17(14-12-16)23-20(25)18-7-5-6-8-19(18)24(4)21(26)15-9-10-15/h5-8,11-15H,9-10H2,1-4H3,(H,23,25). The van der Waals surface area contributed by atoms with E-state index in [4.69, 9.17) is 0 Å². The highest BCUT2D eigenvalue weighted by atomic mass is 16.2. The Bertz CT molecular complexity index is 815. The zero-order chi connectivity index (χ0) is 18.9. The summed E-state index contributed by atoms with van der Waals surface area (Å²) in [5.74, 6) is -0.0135. The van der Waals surface area contributed by atoms with Gasteiger partial charge in [-0.1, -0.05) is 45.0 Å². The summed E-state index contributed by atoms with van der Waals surface area (Å²) in [5.41, 5.74) is 3.18. The van der Waals surface area contributed by atoms with E-state index in [0.29, 0.717) is 11.3 Å². The lowest BCUT2D eigenvalue weighted by atomic mass is 9.87. The molecule has 0 heterocycles. The molecule has 0 spiro atoms. The average Bonchev–Trinajstić information content (AvgIpc) is 3.45. The van der Waals surface area contributed by atoms with Crippen LogP contribution in [0.5, 0.6) is 0 Å². The predicted molar refractivity (Wildman–Crippen MR) is 106 cm³/mol. The molecule has 3 rings (SSSR count). The average molecular weight is 350 g/mol. The van der Waals surface area contributed by atoms with Crippen LogP contribution in [0, 0.1) is 5.92 Å². The van der Waals surface area contributed by atoms with Crippen LogP contribution in [0.25, 0.3) is 0 Å². The summed E-state index contributed by atoms with van der Waals surface area (Å²) in [4.78, 5) is 26.8. The van der Waals surface area contributed by atoms with Crippen molar-refractivity contribution in [2.45, 2.75) is 39.0 Å². The Hall–Kier alpha value is -2.62. The first-order valence-electron chi connectivity index (χ1n) is 9.06. The molecule has 0 bridgehead atoms. The van der Waals surface area contributed by atoms with E-state index >= 15 is 0 Å². The van der Waals surface area contributed by atoms with Crippen molar-refractivity contribution in [3.8, 4) is 0 Å². The molecule has 4 heteroatoms. The number of para-hydroxylation sites is 1. The first-order chi connectivity index (χ1) is 12.3. The van der Waals surface area contributed by atoms with E-state index < -0.39 is 0 Å². The van der Waals surface area contributed by atoms with Crippen LogP contribution in [0.3, 0.4) is 0 Å². The second kappa shape index (κ2) is 6.94. The molecule has 0 atom stereocenters. The number of benzene rings is 2. The van der Waals surface area contributed by atoms with Gasteiger partial charge in [0.1, 0.15) is 0 Å². The molecule has 4 nitrogen and oxygen atoms in total. The molecule has 0 unspecified atom stereocenters. The second-order valence-corrected chi connectivity index (χ2v) is 7.97. The Balaban J connectivity index is 1.79. The second-order valence-electron chi connectivity index (χ2n) is 7.97. The van der Waals surface area contributed by atoms with E-state index in [1.165, 1.54) is 5.56 Å². The number of nitrogens with one attached hydrogen (secondary N) is 1. The Morgan fingerprint density at radius 1 is 1.00 bits per heavy atom. The van der Waals surface area contributed by atoms with Crippen LogP contribution in [-0.4, -0.2) is 18.9 Å². The van der Waals surface area contributed by atoms with E-state index in [0.717, 1.165) is 18.5 Å². The van der Waals surface area contributed by atoms with Crippen molar-refractivity contribution >= 4 is 23.2 Å². The number of anilines is 2. The van der Waals surface area contributed by atoms with Crippen LogP contribution in [0.2, 0.25) is 0 Å². The number of hydrogen-bond acceptors (Lipinski definition) is 2. The van der Waals surface area contributed by atoms with Gasteiger partial charge in [-0.15, -0.1) is 0 Å². The number of carbonyl (C=O) groups excluding carboxylic acids is 2. The monoisotopic (exact) mass is 350 g/mol. The van der Waals surface area contributed by atoms with E-state index in [9.17, 15) is 9.59 Å². The summed E-state index contributed by atoms with van der Waals surface area (Å²) in [6.45, 7) is 6.47. The van der Waals surface area contributed by atoms with Gasteiger partial charge in [-0.3, -0.25) is 9.59 Å². The SMILES string of the molecule is CN(C(=O)C1CC1)c1ccccc1C(=O)Nc1ccc(C(C)(C)C)cc1. The lowest BCUT2D eigenvalue weighted by Gasteiger charge is -2.21. The van der Waals surface area contributed by atoms with Crippen molar-refractivity contribution in [1.82, 2.24) is 0 Å². The highest BCUT2D eigenvalue weighted by Gasteiger charge is 2.33. The van der Waals surface area contributed by atoms with E-state index in [2.05, 4.69) is 26.1 Å². The maximum Gasteiger partial charge on any atom is 0.257 e. The maximum absolute atomic E-state index is 12.8. The minimum absolute atomic E-state index is 0.0705. The van der Waals surface area contributed by atoms with Crippen molar-refractivity contribution in [3.05, 3.63) is 59.7 Å². The van der Waals surface area contributed by atoms with Gasteiger partial charge in [0.2, 0.25) is 5.91 Å². The Morgan fingerprint density at radius 2 is 1.62 bits per heavy atom. The molecule has 1 fully saturated rings. The van der Waals surface area contributed by atoms with Crippen LogP contribution in [0.4, 0.5) is 11.4 Å². The van der Waals surface area contributed by atoms with Crippen molar-refractivity contribution < 1.29 is 9.59 Å². The first kappa shape index (κ1) is 18.2. The smallest absolute Gasteiger partial charge is 0.257 e. The highest BCUT2D eigenvalue weighted by Crippen LogP contribution is 2.33. The Labute approximate surface area is 155 Å². The molecular formula is C22H26N2O2. The van der Waals surface area contributed by atoms with Crippen LogP contribution in [-0.2, 0) is 10.2 Å². The van der Waals surface area contributed by atoms with Crippen LogP contribution in [0.1, 0.15) is 49.5 Å². The molecule has 0 aromatic heterocycles. The molecule has 0 saturated heterocycles. The van der Waals surface area contributed by atoms with E-state index in [1.54, 1.807) is 18.0 Å². The minimum atomic E-state index is -0.209. The molecule has 2 aromatic rings. The molecular weight excluding hydrogens is 324 g/mol. The lowest BCUT2D eigenvalue weighted by Crippen LogP contribution is -2.29. The van der Waals surface area contributed by atoms with Gasteiger partial charge in [0.25, 0.3) is 5.91 Å². The fourth-order valence-corrected chi connectivity index (χ4v) is 2.93. The van der Waals surface area contributed by atoms with Gasteiger partial charge < -0.3 is 10.2 Å². The van der Waals surface area contributed by atoms with Crippen LogP contribution in [0.15, 0.2) is 48.5 Å². The van der Waals surface area contributed by atoms with Crippen molar-refractivity contribution in [2.75, 3.05) is 17.3 Å². The molecule has 136 valence electrons. The zero-order valence-electron chi connectivity index (χ0n) is 15.9. The number of carbonyl (C=O) groups is 2. The van der Waals surface area contributed by atoms with Gasteiger partial charge in [0.15, 0.2) is 0 Å². The van der Waals surface area contributed by atoms with Crippen molar-refractivity contribution in [1.29, 1.82) is 0 Å². The summed E-state index contributed by atoms with van der Waals surface area (Å²) in [5, 5.41) is 2.94. The number of nitrogens with zero attached hydrogens (tertiary/aromatic N) is 1. The lowest BCUT2D eigenvalue weighted by molar-refractivity contribution is -0.119. The zero-order valence-corrected chi connectivity index (χ0v) is 15.9. The molecule has 0 aliphatic heterocycles. The van der Waals surface area contributed by atoms with E-state index in [1.807, 2.05) is 42.5 Å². The molecule has 1 saturated carbocycles.